The van der Waals surface area contributed by atoms with Crippen LogP contribution in [0.15, 0.2) is 267 Å². The molecule has 0 aromatic heterocycles. The van der Waals surface area contributed by atoms with E-state index in [1.54, 1.807) is 20.5 Å². The molecule has 128 heavy (non-hydrogen) atoms. The lowest BCUT2D eigenvalue weighted by molar-refractivity contribution is -0.194. The lowest BCUT2D eigenvalue weighted by atomic mass is 9.69. The van der Waals surface area contributed by atoms with Crippen molar-refractivity contribution in [3.05, 3.63) is 345 Å². The first-order valence-corrected chi connectivity index (χ1v) is 48.0. The van der Waals surface area contributed by atoms with Crippen LogP contribution in [-0.2, 0) is 93.4 Å². The third-order valence-corrected chi connectivity index (χ3v) is 27.3. The number of esters is 2. The SMILES string of the molecule is Br.BrCCCCCBr.COC=Cc1ccc(C)cc1.COC[P+](c1ccccc1)(c1ccccc1)c1ccccc1.Cc1ccc(C2(C(=O)O)CCCCC2)cc1.Cc1ccc(C2(C(=O)OC3CCCCO3)CCCCC2)cc1.Cc1ccc(C=O)cc1.Cc1ccc(CC(=O)O)cc1.Cc1ccc(CC(=O)OC2CCCCO2)cc1.Cc1ccc(CC=O)cc1.[OH3+].[OH3+]. The van der Waals surface area contributed by atoms with E-state index < -0.39 is 30.0 Å². The molecule has 10 aromatic carbocycles. The van der Waals surface area contributed by atoms with Crippen LogP contribution in [0.2, 0.25) is 0 Å². The molecule has 0 bridgehead atoms. The molecule has 14 rings (SSSR count). The molecule has 690 valence electrons. The van der Waals surface area contributed by atoms with Gasteiger partial charge >= 0.3 is 23.9 Å². The van der Waals surface area contributed by atoms with Crippen molar-refractivity contribution in [2.24, 2.45) is 0 Å². The Morgan fingerprint density at radius 3 is 1.12 bits per heavy atom. The number of ether oxygens (including phenoxy) is 6. The summed E-state index contributed by atoms with van der Waals surface area (Å²) in [5.41, 5.74) is 14.3. The van der Waals surface area contributed by atoms with E-state index in [9.17, 15) is 33.9 Å². The maximum atomic E-state index is 13.0. The van der Waals surface area contributed by atoms with Crippen LogP contribution in [0.25, 0.3) is 6.08 Å². The summed E-state index contributed by atoms with van der Waals surface area (Å²) in [5.74, 6) is -1.73. The Morgan fingerprint density at radius 1 is 0.422 bits per heavy atom. The fraction of sp³-hybridized carbons (Fsp3) is 0.370. The maximum absolute atomic E-state index is 13.0. The number of unbranched alkanes of at least 4 members (excludes halogenated alkanes) is 2. The van der Waals surface area contributed by atoms with Crippen molar-refractivity contribution in [2.45, 2.75) is 213 Å². The molecule has 0 amide bonds. The average molecular weight is 1960 g/mol. The third-order valence-electron chi connectivity index (χ3n) is 22.0. The molecule has 20 heteroatoms. The second-order valence-corrected chi connectivity index (χ2v) is 37.0. The monoisotopic (exact) mass is 1960 g/mol. The summed E-state index contributed by atoms with van der Waals surface area (Å²) in [6, 6.07) is 87.8. The Hall–Kier alpha value is -9.37. The van der Waals surface area contributed by atoms with E-state index in [1.807, 2.05) is 162 Å². The van der Waals surface area contributed by atoms with Crippen LogP contribution < -0.4 is 15.9 Å². The van der Waals surface area contributed by atoms with E-state index in [2.05, 4.69) is 185 Å². The van der Waals surface area contributed by atoms with Gasteiger partial charge in [-0.05, 0) is 189 Å². The number of aliphatic carboxylic acids is 2. The highest BCUT2D eigenvalue weighted by atomic mass is 79.9. The van der Waals surface area contributed by atoms with E-state index >= 15 is 0 Å². The number of carboxylic acids is 2. The Labute approximate surface area is 789 Å². The molecule has 2 unspecified atom stereocenters. The smallest absolute Gasteiger partial charge is 0.318 e. The van der Waals surface area contributed by atoms with Gasteiger partial charge in [0.05, 0.1) is 50.3 Å². The zero-order valence-electron chi connectivity index (χ0n) is 76.4. The predicted octanol–water partition coefficient (Wildman–Crippen LogP) is 23.2. The summed E-state index contributed by atoms with van der Waals surface area (Å²) in [5, 5.41) is 24.3. The Bertz CT molecular complexity index is 4570. The molecule has 2 aliphatic carbocycles. The largest absolute Gasteiger partial charge is 0.504 e. The van der Waals surface area contributed by atoms with Crippen LogP contribution in [0.5, 0.6) is 0 Å². The molecule has 2 aliphatic heterocycles. The fourth-order valence-corrected chi connectivity index (χ4v) is 19.2. The van der Waals surface area contributed by atoms with Gasteiger partial charge in [0.25, 0.3) is 0 Å². The van der Waals surface area contributed by atoms with Gasteiger partial charge in [-0.25, -0.2) is 0 Å². The van der Waals surface area contributed by atoms with Crippen LogP contribution in [0.1, 0.15) is 205 Å². The molecule has 2 saturated heterocycles. The van der Waals surface area contributed by atoms with Gasteiger partial charge in [0, 0.05) is 42.6 Å². The molecule has 10 aromatic rings. The molecular weight excluding hydrogens is 1820 g/mol. The molecule has 4 aliphatic rings. The summed E-state index contributed by atoms with van der Waals surface area (Å²) in [6.45, 7) is 15.6. The number of carbonyl (C=O) groups is 6. The van der Waals surface area contributed by atoms with Crippen molar-refractivity contribution in [1.29, 1.82) is 0 Å². The van der Waals surface area contributed by atoms with Gasteiger partial charge in [-0.1, -0.05) is 340 Å². The number of rotatable bonds is 24. The van der Waals surface area contributed by atoms with Crippen molar-refractivity contribution >= 4 is 115 Å². The molecule has 2 atom stereocenters. The maximum Gasteiger partial charge on any atom is 0.318 e. The van der Waals surface area contributed by atoms with Crippen molar-refractivity contribution in [3.63, 3.8) is 0 Å². The van der Waals surface area contributed by atoms with Gasteiger partial charge in [-0.3, -0.25) is 24.0 Å². The second kappa shape index (κ2) is 64.4. The Morgan fingerprint density at radius 2 is 0.773 bits per heavy atom. The average Bonchev–Trinajstić information content (AvgIpc) is 0.755. The van der Waals surface area contributed by atoms with Gasteiger partial charge in [0.2, 0.25) is 12.6 Å². The lowest BCUT2D eigenvalue weighted by Gasteiger charge is -2.37. The normalized spacial score (nSPS) is 14.8. The fourth-order valence-electron chi connectivity index (χ4n) is 14.6. The van der Waals surface area contributed by atoms with Crippen LogP contribution in [0, 0.1) is 48.5 Å². The molecule has 16 nitrogen and oxygen atoms in total. The highest BCUT2D eigenvalue weighted by molar-refractivity contribution is 9.09. The van der Waals surface area contributed by atoms with E-state index in [4.69, 9.17) is 33.5 Å². The first-order chi connectivity index (χ1) is 60.5. The minimum absolute atomic E-state index is 0. The molecule has 0 radical (unpaired) electrons. The van der Waals surface area contributed by atoms with Gasteiger partial charge in [-0.15, -0.1) is 17.0 Å². The molecule has 4 fully saturated rings. The quantitative estimate of drug-likeness (QED) is 0.0108. The standard InChI is InChI=1S/C20H20OP.C19H26O3.C14H18O3.C14H18O2.C10H12O.C9H10O2.C9H10O.C8H8O.C5H10Br2.BrH.2H2O/c1-21-17-22(18-11-5-2-6-12-18,19-13-7-3-8-14-19)20-15-9-4-10-16-20;1-15-8-10-16(11-9-15)19(12-4-2-5-13-19)18(20)22-17-7-3-6-14-21-17;1-11-5-7-12(8-6-11)10-13(15)17-14-4-2-3-9-16-14;1-11-5-7-12(8-6-11)14(13(15)16)9-3-2-4-10-14;1-9-3-5-10(6-4-9)7-8-11-2;1-7-2-4-8(5-3-7)6-9(10)11;1-8-2-4-9(5-3-8)6-7-10;1-7-2-4-8(6-9)5-3-7;6-4-2-1-3-5-7;;;/h2-16H,17H2,1H3;8-11,17H,2-7,12-14H2,1H3;5-8,14H,2-4,9-10H2,1H3;5-8H,2-4,9-10H2,1H3,(H,15,16);3-8H,1-2H3;2-5H,6H2,1H3,(H,10,11);2-5,7H,6H2,1H3;2-6H,1H3;1-5H2;1H;2*1H2/q+1;;;;;;;;;;;/p+2. The van der Waals surface area contributed by atoms with E-state index in [0.29, 0.717) is 32.4 Å². The number of aryl methyl sites for hydroxylation is 7. The third kappa shape index (κ3) is 40.7. The summed E-state index contributed by atoms with van der Waals surface area (Å²) < 4.78 is 32.5. The molecular formula is C108H139Br3O16P+3. The van der Waals surface area contributed by atoms with Crippen molar-refractivity contribution in [2.75, 3.05) is 44.4 Å². The molecule has 2 heterocycles. The molecule has 0 spiro atoms. The molecule has 2 saturated carbocycles. The summed E-state index contributed by atoms with van der Waals surface area (Å²) in [7, 11) is 1.66. The molecule has 8 N–H and O–H groups in total. The van der Waals surface area contributed by atoms with Gasteiger partial charge in [-0.2, -0.15) is 0 Å². The van der Waals surface area contributed by atoms with Crippen LogP contribution in [-0.4, -0.2) is 104 Å². The summed E-state index contributed by atoms with van der Waals surface area (Å²) in [4.78, 5) is 66.6. The van der Waals surface area contributed by atoms with Gasteiger partial charge < -0.3 is 54.4 Å². The first kappa shape index (κ1) is 113. The first-order valence-electron chi connectivity index (χ1n) is 43.8. The highest BCUT2D eigenvalue weighted by Gasteiger charge is 2.46. The number of alkyl halides is 2. The number of aldehydes is 2. The van der Waals surface area contributed by atoms with E-state index in [0.717, 1.165) is 158 Å². The topological polar surface area (TPSA) is 264 Å². The number of hydrogen-bond donors (Lipinski definition) is 2. The number of benzene rings is 10. The van der Waals surface area contributed by atoms with Crippen molar-refractivity contribution < 1.29 is 78.4 Å². The number of methoxy groups -OCH3 is 2. The number of halogens is 3. The second-order valence-electron chi connectivity index (χ2n) is 32.0. The Kier molecular flexibility index (Phi) is 56.8. The minimum atomic E-state index is -1.78. The predicted molar refractivity (Wildman–Crippen MR) is 540 cm³/mol. The van der Waals surface area contributed by atoms with Crippen molar-refractivity contribution in [3.8, 4) is 0 Å². The summed E-state index contributed by atoms with van der Waals surface area (Å²) >= 11 is 6.73. The van der Waals surface area contributed by atoms with Crippen LogP contribution >= 0.6 is 56.1 Å². The zero-order valence-corrected chi connectivity index (χ0v) is 82.2. The minimum Gasteiger partial charge on any atom is -0.504 e. The lowest BCUT2D eigenvalue weighted by Crippen LogP contribution is -2.42. The van der Waals surface area contributed by atoms with E-state index in [-0.39, 0.29) is 58.9 Å². The zero-order chi connectivity index (χ0) is 90.3. The van der Waals surface area contributed by atoms with Gasteiger partial charge in [0.1, 0.15) is 35.7 Å². The van der Waals surface area contributed by atoms with Crippen LogP contribution in [0.3, 0.4) is 0 Å². The number of hydrogen-bond acceptors (Lipinski definition) is 12. The van der Waals surface area contributed by atoms with Gasteiger partial charge in [0.15, 0.2) is 6.35 Å². The van der Waals surface area contributed by atoms with Crippen LogP contribution in [0.4, 0.5) is 0 Å². The summed E-state index contributed by atoms with van der Waals surface area (Å²) in [6.07, 6.45) is 26.2. The number of carboxylic acid groups (broad SMARTS) is 2. The van der Waals surface area contributed by atoms with Crippen molar-refractivity contribution in [1.82, 2.24) is 0 Å². The number of carbonyl (C=O) groups excluding carboxylic acids is 4. The highest BCUT2D eigenvalue weighted by Crippen LogP contribution is 2.55. The Balaban J connectivity index is 0.000000379. The van der Waals surface area contributed by atoms with E-state index in [1.165, 1.54) is 81.4 Å².